The topological polar surface area (TPSA) is 67.9 Å². The van der Waals surface area contributed by atoms with Crippen molar-refractivity contribution in [1.29, 1.82) is 0 Å². The number of aliphatic hydroxyl groups is 1. The third-order valence-electron chi connectivity index (χ3n) is 7.16. The number of oxazole rings is 1. The number of rotatable bonds is 3. The number of fused-ring (bicyclic) bond motifs is 4. The fourth-order valence-electron chi connectivity index (χ4n) is 5.45. The average molecular weight is 449 g/mol. The van der Waals surface area contributed by atoms with Crippen molar-refractivity contribution < 1.29 is 14.3 Å². The minimum Gasteiger partial charge on any atom is -0.471 e. The van der Waals surface area contributed by atoms with Gasteiger partial charge in [0.15, 0.2) is 5.58 Å². The van der Waals surface area contributed by atoms with Crippen molar-refractivity contribution in [3.05, 3.63) is 95.4 Å². The molecule has 1 aliphatic heterocycles. The lowest BCUT2D eigenvalue weighted by Gasteiger charge is -2.16. The van der Waals surface area contributed by atoms with E-state index in [0.29, 0.717) is 11.8 Å². The van der Waals surface area contributed by atoms with E-state index in [1.807, 2.05) is 30.3 Å². The van der Waals surface area contributed by atoms with Gasteiger partial charge in [-0.15, -0.1) is 0 Å². The molecule has 4 aromatic rings. The summed E-state index contributed by atoms with van der Waals surface area (Å²) in [5, 5.41) is 10.4. The summed E-state index contributed by atoms with van der Waals surface area (Å²) >= 11 is 0. The molecular weight excluding hydrogens is 424 g/mol. The van der Waals surface area contributed by atoms with Crippen LogP contribution in [0.15, 0.2) is 82.2 Å². The van der Waals surface area contributed by atoms with Gasteiger partial charge in [-0.3, -0.25) is 0 Å². The van der Waals surface area contributed by atoms with Crippen LogP contribution in [0.4, 0.5) is 0 Å². The number of aromatic nitrogens is 1. The van der Waals surface area contributed by atoms with Gasteiger partial charge in [-0.1, -0.05) is 54.6 Å². The number of benzene rings is 3. The number of ether oxygens (including phenoxy) is 1. The molecule has 2 aliphatic carbocycles. The van der Waals surface area contributed by atoms with Crippen molar-refractivity contribution >= 4 is 22.6 Å². The molecule has 2 heterocycles. The van der Waals surface area contributed by atoms with E-state index in [9.17, 15) is 5.11 Å². The summed E-state index contributed by atoms with van der Waals surface area (Å²) in [6, 6.07) is 22.8. The number of nitrogens with zero attached hydrogens (tertiary/aromatic N) is 2. The van der Waals surface area contributed by atoms with Crippen molar-refractivity contribution in [3.63, 3.8) is 0 Å². The first-order chi connectivity index (χ1) is 16.7. The zero-order valence-corrected chi connectivity index (χ0v) is 18.6. The number of aliphatic hydroxyl groups excluding tert-OH is 1. The lowest BCUT2D eigenvalue weighted by atomic mass is 9.96. The van der Waals surface area contributed by atoms with Crippen LogP contribution >= 0.6 is 0 Å². The predicted molar refractivity (Wildman–Crippen MR) is 132 cm³/mol. The van der Waals surface area contributed by atoms with E-state index in [4.69, 9.17) is 19.1 Å². The molecule has 168 valence electrons. The molecule has 0 unspecified atom stereocenters. The van der Waals surface area contributed by atoms with E-state index in [1.54, 1.807) is 0 Å². The van der Waals surface area contributed by atoms with Crippen LogP contribution in [-0.2, 0) is 11.2 Å². The Labute approximate surface area is 197 Å². The Hall–Kier alpha value is -3.70. The summed E-state index contributed by atoms with van der Waals surface area (Å²) in [4.78, 5) is 9.76. The second kappa shape index (κ2) is 7.67. The number of para-hydroxylation sites is 1. The number of hydrogen-bond acceptors (Lipinski definition) is 5. The van der Waals surface area contributed by atoms with Crippen LogP contribution in [0.25, 0.3) is 27.8 Å². The standard InChI is InChI=1S/C29H24N2O3/c32-23-13-4-3-11-22(23)29-31-26-21(12-6-14-24(26)33-29)17-8-5-9-19(15-17)28-30-27-20-10-2-1-7-18(20)16-25(27)34-28/h1-2,5-12,14-15,23,25,27,32H,3-4,13,16H2/t23-,25+,27-/m1/s1. The first kappa shape index (κ1) is 19.7. The largest absolute Gasteiger partial charge is 0.471 e. The average Bonchev–Trinajstić information content (AvgIpc) is 3.57. The van der Waals surface area contributed by atoms with Crippen molar-refractivity contribution in [2.75, 3.05) is 0 Å². The van der Waals surface area contributed by atoms with E-state index in [0.717, 1.165) is 59.0 Å². The maximum atomic E-state index is 10.4. The minimum atomic E-state index is -0.518. The van der Waals surface area contributed by atoms with Gasteiger partial charge in [-0.25, -0.2) is 9.98 Å². The molecular formula is C29H24N2O3. The zero-order valence-electron chi connectivity index (χ0n) is 18.6. The molecule has 5 nitrogen and oxygen atoms in total. The van der Waals surface area contributed by atoms with Crippen LogP contribution in [-0.4, -0.2) is 28.2 Å². The second-order valence-corrected chi connectivity index (χ2v) is 9.30. The quantitative estimate of drug-likeness (QED) is 0.426. The molecule has 0 amide bonds. The summed E-state index contributed by atoms with van der Waals surface area (Å²) in [6.07, 6.45) is 5.17. The van der Waals surface area contributed by atoms with Crippen LogP contribution < -0.4 is 0 Å². The van der Waals surface area contributed by atoms with Crippen LogP contribution in [0.5, 0.6) is 0 Å². The second-order valence-electron chi connectivity index (χ2n) is 9.30. The fraction of sp³-hybridized carbons (Fsp3) is 0.241. The highest BCUT2D eigenvalue weighted by molar-refractivity contribution is 5.98. The minimum absolute atomic E-state index is 0.0755. The molecule has 1 aromatic heterocycles. The van der Waals surface area contributed by atoms with E-state index < -0.39 is 6.10 Å². The Bertz CT molecular complexity index is 1480. The molecule has 0 radical (unpaired) electrons. The Kier molecular flexibility index (Phi) is 4.46. The monoisotopic (exact) mass is 448 g/mol. The number of allylic oxidation sites excluding steroid dienone is 1. The Balaban J connectivity index is 1.26. The van der Waals surface area contributed by atoms with Crippen LogP contribution in [0.2, 0.25) is 0 Å². The number of hydrogen-bond donors (Lipinski definition) is 1. The lowest BCUT2D eigenvalue weighted by molar-refractivity contribution is 0.206. The van der Waals surface area contributed by atoms with Gasteiger partial charge in [-0.05, 0) is 54.2 Å². The smallest absolute Gasteiger partial charge is 0.225 e. The molecule has 7 rings (SSSR count). The van der Waals surface area contributed by atoms with Crippen molar-refractivity contribution in [3.8, 4) is 11.1 Å². The van der Waals surface area contributed by atoms with Crippen LogP contribution in [0, 0.1) is 0 Å². The normalized spacial score (nSPS) is 23.3. The van der Waals surface area contributed by atoms with Crippen molar-refractivity contribution in [2.45, 2.75) is 43.9 Å². The molecule has 34 heavy (non-hydrogen) atoms. The Morgan fingerprint density at radius 1 is 0.941 bits per heavy atom. The maximum Gasteiger partial charge on any atom is 0.225 e. The highest BCUT2D eigenvalue weighted by atomic mass is 16.5. The van der Waals surface area contributed by atoms with E-state index >= 15 is 0 Å². The van der Waals surface area contributed by atoms with E-state index in [-0.39, 0.29) is 12.1 Å². The van der Waals surface area contributed by atoms with Crippen molar-refractivity contribution in [2.24, 2.45) is 4.99 Å². The van der Waals surface area contributed by atoms with Gasteiger partial charge in [0.1, 0.15) is 17.7 Å². The molecule has 3 atom stereocenters. The summed E-state index contributed by atoms with van der Waals surface area (Å²) in [5.74, 6) is 1.22. The molecule has 5 heteroatoms. The molecule has 1 N–H and O–H groups in total. The maximum absolute atomic E-state index is 10.4. The predicted octanol–water partition coefficient (Wildman–Crippen LogP) is 5.87. The Morgan fingerprint density at radius 2 is 1.82 bits per heavy atom. The van der Waals surface area contributed by atoms with Crippen LogP contribution in [0.1, 0.15) is 47.9 Å². The van der Waals surface area contributed by atoms with E-state index in [2.05, 4.69) is 42.5 Å². The van der Waals surface area contributed by atoms with Gasteiger partial charge in [0.05, 0.1) is 6.10 Å². The van der Waals surface area contributed by atoms with Crippen LogP contribution in [0.3, 0.4) is 0 Å². The van der Waals surface area contributed by atoms with Crippen molar-refractivity contribution in [1.82, 2.24) is 4.98 Å². The van der Waals surface area contributed by atoms with Gasteiger partial charge in [-0.2, -0.15) is 0 Å². The fourth-order valence-corrected chi connectivity index (χ4v) is 5.45. The molecule has 3 aliphatic rings. The molecule has 0 bridgehead atoms. The SMILES string of the molecule is O[C@@H]1CCCC=C1c1nc2c(-c3cccc(C4=N[C@@H]5c6ccccc6C[C@@H]5O4)c3)cccc2o1. The van der Waals surface area contributed by atoms with Gasteiger partial charge in [0.25, 0.3) is 0 Å². The highest BCUT2D eigenvalue weighted by Crippen LogP contribution is 2.41. The summed E-state index contributed by atoms with van der Waals surface area (Å²) in [6.45, 7) is 0. The summed E-state index contributed by atoms with van der Waals surface area (Å²) in [7, 11) is 0. The third-order valence-corrected chi connectivity index (χ3v) is 7.16. The molecule has 0 saturated heterocycles. The van der Waals surface area contributed by atoms with Gasteiger partial charge in [0, 0.05) is 23.1 Å². The lowest BCUT2D eigenvalue weighted by Crippen LogP contribution is -2.13. The van der Waals surface area contributed by atoms with Gasteiger partial charge < -0.3 is 14.3 Å². The highest BCUT2D eigenvalue weighted by Gasteiger charge is 2.39. The van der Waals surface area contributed by atoms with E-state index in [1.165, 1.54) is 11.1 Å². The third kappa shape index (κ3) is 3.11. The first-order valence-corrected chi connectivity index (χ1v) is 12.0. The van der Waals surface area contributed by atoms with Gasteiger partial charge in [0.2, 0.25) is 11.8 Å². The molecule has 0 fully saturated rings. The summed E-state index contributed by atoms with van der Waals surface area (Å²) < 4.78 is 12.4. The zero-order chi connectivity index (χ0) is 22.6. The molecule has 3 aromatic carbocycles. The molecule has 0 saturated carbocycles. The number of aliphatic imine (C=N–C) groups is 1. The first-order valence-electron chi connectivity index (χ1n) is 12.0. The van der Waals surface area contributed by atoms with Gasteiger partial charge >= 0.3 is 0 Å². The summed E-state index contributed by atoms with van der Waals surface area (Å²) in [5.41, 5.74) is 7.91. The Morgan fingerprint density at radius 3 is 2.76 bits per heavy atom. The molecule has 0 spiro atoms.